The first-order chi connectivity index (χ1) is 19.1. The molecule has 2 aromatic rings. The normalized spacial score (nSPS) is 22.5. The number of hydrogen-bond donors (Lipinski definition) is 2. The number of aromatic hydroxyl groups is 1. The molecule has 0 radical (unpaired) electrons. The minimum Gasteiger partial charge on any atom is -0.506 e. The molecular formula is C29H35ClN6O3. The fourth-order valence-corrected chi connectivity index (χ4v) is 5.65. The van der Waals surface area contributed by atoms with Crippen LogP contribution < -0.4 is 5.32 Å². The van der Waals surface area contributed by atoms with Crippen molar-refractivity contribution in [3.63, 3.8) is 0 Å². The van der Waals surface area contributed by atoms with Crippen LogP contribution in [0.5, 0.6) is 5.75 Å². The number of morpholine rings is 2. The summed E-state index contributed by atoms with van der Waals surface area (Å²) in [6.07, 6.45) is 12.6. The van der Waals surface area contributed by atoms with Gasteiger partial charge in [-0.25, -0.2) is 4.99 Å². The highest BCUT2D eigenvalue weighted by molar-refractivity contribution is 6.32. The fraction of sp³-hybridized carbons (Fsp3) is 0.448. The number of benzene rings is 1. The van der Waals surface area contributed by atoms with E-state index in [2.05, 4.69) is 54.2 Å². The summed E-state index contributed by atoms with van der Waals surface area (Å²) in [5.41, 5.74) is 5.65. The van der Waals surface area contributed by atoms with Crippen molar-refractivity contribution >= 4 is 35.2 Å². The quantitative estimate of drug-likeness (QED) is 0.529. The molecule has 2 fully saturated rings. The van der Waals surface area contributed by atoms with E-state index in [1.165, 1.54) is 11.1 Å². The predicted octanol–water partition coefficient (Wildman–Crippen LogP) is 3.99. The summed E-state index contributed by atoms with van der Waals surface area (Å²) in [6, 6.07) is 5.11. The number of phenolic OH excluding ortho intramolecular Hbond substituents is 1. The highest BCUT2D eigenvalue weighted by Crippen LogP contribution is 2.30. The fourth-order valence-electron chi connectivity index (χ4n) is 5.46. The second kappa shape index (κ2) is 12.1. The Hall–Kier alpha value is -2.95. The summed E-state index contributed by atoms with van der Waals surface area (Å²) in [5.74, 6) is 0.804. The van der Waals surface area contributed by atoms with Crippen LogP contribution in [0.25, 0.3) is 5.70 Å². The Bertz CT molecular complexity index is 1270. The maximum absolute atomic E-state index is 9.82. The van der Waals surface area contributed by atoms with Crippen molar-refractivity contribution in [2.75, 3.05) is 57.9 Å². The van der Waals surface area contributed by atoms with Gasteiger partial charge in [-0.2, -0.15) is 0 Å². The molecule has 3 aliphatic heterocycles. The van der Waals surface area contributed by atoms with E-state index in [1.807, 2.05) is 0 Å². The first-order valence-electron chi connectivity index (χ1n) is 13.7. The Morgan fingerprint density at radius 3 is 2.28 bits per heavy atom. The highest BCUT2D eigenvalue weighted by Gasteiger charge is 2.25. The maximum atomic E-state index is 9.82. The molecule has 1 aliphatic carbocycles. The van der Waals surface area contributed by atoms with Crippen LogP contribution >= 0.6 is 11.6 Å². The van der Waals surface area contributed by atoms with E-state index in [9.17, 15) is 5.11 Å². The summed E-state index contributed by atoms with van der Waals surface area (Å²) in [4.78, 5) is 14.2. The van der Waals surface area contributed by atoms with Crippen LogP contribution in [-0.2, 0) is 22.6 Å². The SMILES string of the molecule is Oc1ccc(NC2=NC=NC3CCC=C(n4cc(CN5CCOCC5)c(CN5CCOCC5)c4)C=C23)cc1Cl. The molecule has 2 saturated heterocycles. The van der Waals surface area contributed by atoms with E-state index in [0.717, 1.165) is 101 Å². The Labute approximate surface area is 234 Å². The van der Waals surface area contributed by atoms with Gasteiger partial charge in [0.1, 0.15) is 17.9 Å². The van der Waals surface area contributed by atoms with Crippen molar-refractivity contribution in [2.24, 2.45) is 9.98 Å². The van der Waals surface area contributed by atoms with Crippen molar-refractivity contribution in [1.29, 1.82) is 0 Å². The van der Waals surface area contributed by atoms with Gasteiger partial charge in [0.25, 0.3) is 0 Å². The molecule has 9 nitrogen and oxygen atoms in total. The zero-order valence-corrected chi connectivity index (χ0v) is 22.8. The van der Waals surface area contributed by atoms with Gasteiger partial charge in [0.15, 0.2) is 0 Å². The number of allylic oxidation sites excluding steroid dienone is 3. The van der Waals surface area contributed by atoms with Crippen molar-refractivity contribution in [3.05, 3.63) is 64.5 Å². The maximum Gasteiger partial charge on any atom is 0.137 e. The number of aliphatic imine (C=N–C) groups is 2. The molecule has 2 N–H and O–H groups in total. The molecule has 1 unspecified atom stereocenters. The number of phenols is 1. The van der Waals surface area contributed by atoms with Crippen LogP contribution in [0, 0.1) is 0 Å². The van der Waals surface area contributed by atoms with E-state index in [1.54, 1.807) is 24.5 Å². The molecule has 1 aromatic carbocycles. The standard InChI is InChI=1S/C29H35ClN6O3/c30-26-14-23(4-5-28(26)37)33-29-25-15-24(2-1-3-27(25)31-20-32-29)36-18-21(16-34-6-10-38-11-7-34)22(19-36)17-35-8-12-39-13-9-35/h2,4-5,14-15,18-20,27,37H,1,3,6-13,16-17H2,(H,31,32,33). The van der Waals surface area contributed by atoms with Crippen molar-refractivity contribution in [3.8, 4) is 5.75 Å². The van der Waals surface area contributed by atoms with Gasteiger partial charge in [0.05, 0.1) is 37.5 Å². The summed E-state index contributed by atoms with van der Waals surface area (Å²) >= 11 is 6.15. The van der Waals surface area contributed by atoms with Gasteiger partial charge in [-0.05, 0) is 48.2 Å². The second-order valence-corrected chi connectivity index (χ2v) is 10.8. The predicted molar refractivity (Wildman–Crippen MR) is 155 cm³/mol. The molecule has 6 rings (SSSR count). The summed E-state index contributed by atoms with van der Waals surface area (Å²) in [7, 11) is 0. The highest BCUT2D eigenvalue weighted by atomic mass is 35.5. The molecule has 1 aromatic heterocycles. The lowest BCUT2D eigenvalue weighted by Gasteiger charge is -2.28. The number of aromatic nitrogens is 1. The molecule has 1 atom stereocenters. The Kier molecular flexibility index (Phi) is 8.13. The number of fused-ring (bicyclic) bond motifs is 1. The van der Waals surface area contributed by atoms with Crippen LogP contribution in [-0.4, -0.2) is 90.3 Å². The Balaban J connectivity index is 1.28. The van der Waals surface area contributed by atoms with Crippen molar-refractivity contribution in [2.45, 2.75) is 32.0 Å². The summed E-state index contributed by atoms with van der Waals surface area (Å²) in [6.45, 7) is 8.84. The van der Waals surface area contributed by atoms with E-state index in [0.29, 0.717) is 5.02 Å². The Morgan fingerprint density at radius 2 is 1.64 bits per heavy atom. The summed E-state index contributed by atoms with van der Waals surface area (Å²) < 4.78 is 13.4. The smallest absolute Gasteiger partial charge is 0.137 e. The average molecular weight is 551 g/mol. The molecule has 4 aliphatic rings. The van der Waals surface area contributed by atoms with E-state index in [-0.39, 0.29) is 11.8 Å². The number of nitrogens with zero attached hydrogens (tertiary/aromatic N) is 5. The van der Waals surface area contributed by atoms with Crippen LogP contribution in [0.3, 0.4) is 0 Å². The number of anilines is 1. The minimum atomic E-state index is 0.0301. The van der Waals surface area contributed by atoms with Gasteiger partial charge >= 0.3 is 0 Å². The summed E-state index contributed by atoms with van der Waals surface area (Å²) in [5, 5.41) is 13.5. The molecule has 0 spiro atoms. The van der Waals surface area contributed by atoms with Gasteiger partial charge in [-0.1, -0.05) is 17.7 Å². The number of halogens is 1. The lowest BCUT2D eigenvalue weighted by molar-refractivity contribution is 0.0310. The lowest BCUT2D eigenvalue weighted by atomic mass is 10.0. The molecule has 0 saturated carbocycles. The number of rotatable bonds is 6. The number of ether oxygens (including phenoxy) is 2. The van der Waals surface area contributed by atoms with Gasteiger partial charge in [0, 0.05) is 68.6 Å². The monoisotopic (exact) mass is 550 g/mol. The second-order valence-electron chi connectivity index (χ2n) is 10.3. The number of hydrogen-bond acceptors (Lipinski definition) is 8. The third-order valence-corrected chi connectivity index (χ3v) is 7.97. The minimum absolute atomic E-state index is 0.0301. The number of amidine groups is 1. The van der Waals surface area contributed by atoms with Crippen molar-refractivity contribution < 1.29 is 14.6 Å². The molecule has 0 amide bonds. The van der Waals surface area contributed by atoms with E-state index in [4.69, 9.17) is 21.1 Å². The molecule has 206 valence electrons. The van der Waals surface area contributed by atoms with Crippen LogP contribution in [0.2, 0.25) is 5.02 Å². The average Bonchev–Trinajstić information content (AvgIpc) is 3.20. The van der Waals surface area contributed by atoms with Crippen molar-refractivity contribution in [1.82, 2.24) is 14.4 Å². The van der Waals surface area contributed by atoms with Gasteiger partial charge in [-0.15, -0.1) is 0 Å². The van der Waals surface area contributed by atoms with Gasteiger partial charge in [-0.3, -0.25) is 14.8 Å². The third kappa shape index (κ3) is 6.28. The van der Waals surface area contributed by atoms with Gasteiger partial charge < -0.3 is 24.5 Å². The van der Waals surface area contributed by atoms with Crippen LogP contribution in [0.1, 0.15) is 24.0 Å². The molecule has 39 heavy (non-hydrogen) atoms. The number of nitrogens with one attached hydrogen (secondary N) is 1. The molecule has 4 heterocycles. The van der Waals surface area contributed by atoms with Gasteiger partial charge in [0.2, 0.25) is 0 Å². The molecule has 10 heteroatoms. The molecular weight excluding hydrogens is 516 g/mol. The van der Waals surface area contributed by atoms with Crippen LogP contribution in [0.4, 0.5) is 5.69 Å². The topological polar surface area (TPSA) is 86.8 Å². The molecule has 0 bridgehead atoms. The zero-order chi connectivity index (χ0) is 26.6. The lowest BCUT2D eigenvalue weighted by Crippen LogP contribution is -2.37. The third-order valence-electron chi connectivity index (χ3n) is 7.67. The Morgan fingerprint density at radius 1 is 0.974 bits per heavy atom. The zero-order valence-electron chi connectivity index (χ0n) is 22.1. The largest absolute Gasteiger partial charge is 0.506 e. The van der Waals surface area contributed by atoms with Crippen LogP contribution in [0.15, 0.2) is 58.3 Å². The first kappa shape index (κ1) is 26.3. The first-order valence-corrected chi connectivity index (χ1v) is 14.1. The van der Waals surface area contributed by atoms with E-state index < -0.39 is 0 Å². The van der Waals surface area contributed by atoms with E-state index >= 15 is 0 Å².